The summed E-state index contributed by atoms with van der Waals surface area (Å²) in [6.07, 6.45) is 4.87. The van der Waals surface area contributed by atoms with Crippen molar-refractivity contribution >= 4 is 34.9 Å². The van der Waals surface area contributed by atoms with E-state index >= 15 is 0 Å². The van der Waals surface area contributed by atoms with Gasteiger partial charge in [0, 0.05) is 31.5 Å². The largest absolute Gasteiger partial charge is 0.487 e. The number of hydrogen-bond acceptors (Lipinski definition) is 13. The van der Waals surface area contributed by atoms with Gasteiger partial charge in [0.25, 0.3) is 0 Å². The van der Waals surface area contributed by atoms with Crippen molar-refractivity contribution < 1.29 is 43.5 Å². The van der Waals surface area contributed by atoms with Crippen molar-refractivity contribution in [2.45, 2.75) is 38.8 Å². The number of anilines is 1. The Morgan fingerprint density at radius 3 is 2.45 bits per heavy atom. The van der Waals surface area contributed by atoms with Crippen molar-refractivity contribution in [3.63, 3.8) is 0 Å². The summed E-state index contributed by atoms with van der Waals surface area (Å²) in [5.41, 5.74) is 7.50. The summed E-state index contributed by atoms with van der Waals surface area (Å²) in [7, 11) is 0. The highest BCUT2D eigenvalue weighted by molar-refractivity contribution is 6.27. The van der Waals surface area contributed by atoms with Crippen LogP contribution >= 0.6 is 0 Å². The van der Waals surface area contributed by atoms with E-state index in [2.05, 4.69) is 21.4 Å². The minimum absolute atomic E-state index is 0.0125. The number of rotatable bonds is 12. The second-order valence-electron chi connectivity index (χ2n) is 9.85. The highest BCUT2D eigenvalue weighted by Crippen LogP contribution is 2.29. The van der Waals surface area contributed by atoms with E-state index in [1.165, 1.54) is 6.20 Å². The maximum absolute atomic E-state index is 11.8. The molecule has 1 fully saturated rings. The summed E-state index contributed by atoms with van der Waals surface area (Å²) >= 11 is 0. The molecule has 0 aromatic carbocycles. The summed E-state index contributed by atoms with van der Waals surface area (Å²) in [6.45, 7) is 6.04. The third-order valence-electron chi connectivity index (χ3n) is 6.30. The molecule has 5 N–H and O–H groups in total. The zero-order chi connectivity index (χ0) is 32.1. The molecule has 0 radical (unpaired) electrons. The van der Waals surface area contributed by atoms with Crippen molar-refractivity contribution in [3.8, 4) is 17.6 Å². The van der Waals surface area contributed by atoms with E-state index in [1.807, 2.05) is 19.9 Å². The molecule has 1 atom stereocenters. The summed E-state index contributed by atoms with van der Waals surface area (Å²) in [5.74, 6) is -2.31. The van der Waals surface area contributed by atoms with E-state index in [0.29, 0.717) is 53.9 Å². The fourth-order valence-corrected chi connectivity index (χ4v) is 3.82. The Labute approximate surface area is 252 Å². The van der Waals surface area contributed by atoms with Gasteiger partial charge in [-0.05, 0) is 30.9 Å². The first-order chi connectivity index (χ1) is 21.1. The normalized spacial score (nSPS) is 13.8. The van der Waals surface area contributed by atoms with Crippen LogP contribution in [0.2, 0.25) is 0 Å². The standard InChI is InChI=1S/C26H33N7O5.C2H2O4/c1-17(2)23(28)26(34)38-12-10-36-9-11-37-21-13-20-25(32-24(21)31-19-5-7-35-8-6-19)33(16-30-20)22-4-3-18(14-27)15-29-22;3-1(4)2(5)6/h3-4,13,15-17,19,23H,5-12,28H2,1-2H3,(H,31,32);(H,3,4)(H,5,6)/t23-;/m0./s1. The average Bonchev–Trinajstić information content (AvgIpc) is 3.43. The first-order valence-electron chi connectivity index (χ1n) is 13.8. The van der Waals surface area contributed by atoms with Crippen LogP contribution in [0.15, 0.2) is 30.7 Å². The number of nitrogens with two attached hydrogens (primary N) is 1. The van der Waals surface area contributed by atoms with Gasteiger partial charge in [0.1, 0.15) is 43.0 Å². The second-order valence-corrected chi connectivity index (χ2v) is 9.85. The van der Waals surface area contributed by atoms with Crippen molar-refractivity contribution in [1.29, 1.82) is 5.26 Å². The van der Waals surface area contributed by atoms with E-state index in [1.54, 1.807) is 23.0 Å². The van der Waals surface area contributed by atoms with Crippen molar-refractivity contribution in [2.75, 3.05) is 45.0 Å². The number of aromatic nitrogens is 4. The molecule has 0 spiro atoms. The molecule has 236 valence electrons. The molecule has 0 amide bonds. The maximum Gasteiger partial charge on any atom is 0.414 e. The molecule has 3 aromatic heterocycles. The van der Waals surface area contributed by atoms with Crippen LogP contribution in [0.1, 0.15) is 32.3 Å². The topological polar surface area (TPSA) is 234 Å². The number of carbonyl (C=O) groups is 3. The maximum atomic E-state index is 11.8. The Hall–Kier alpha value is -4.85. The second kappa shape index (κ2) is 16.7. The zero-order valence-electron chi connectivity index (χ0n) is 24.3. The lowest BCUT2D eigenvalue weighted by Crippen LogP contribution is -2.37. The Morgan fingerprint density at radius 1 is 1.14 bits per heavy atom. The molecule has 0 aliphatic carbocycles. The molecule has 0 bridgehead atoms. The van der Waals surface area contributed by atoms with Gasteiger partial charge >= 0.3 is 17.9 Å². The molecule has 16 nitrogen and oxygen atoms in total. The fourth-order valence-electron chi connectivity index (χ4n) is 3.82. The smallest absolute Gasteiger partial charge is 0.414 e. The Balaban J connectivity index is 0.000000801. The predicted molar refractivity (Wildman–Crippen MR) is 154 cm³/mol. The van der Waals surface area contributed by atoms with Crippen LogP contribution in [0.5, 0.6) is 5.75 Å². The number of carboxylic acid groups (broad SMARTS) is 2. The molecule has 1 aliphatic rings. The fraction of sp³-hybridized carbons (Fsp3) is 0.464. The predicted octanol–water partition coefficient (Wildman–Crippen LogP) is 1.36. The average molecular weight is 614 g/mol. The van der Waals surface area contributed by atoms with Crippen LogP contribution in [0.3, 0.4) is 0 Å². The third kappa shape index (κ3) is 9.87. The molecule has 44 heavy (non-hydrogen) atoms. The lowest BCUT2D eigenvalue weighted by Gasteiger charge is -2.24. The van der Waals surface area contributed by atoms with Crippen molar-refractivity contribution in [2.24, 2.45) is 11.7 Å². The van der Waals surface area contributed by atoms with Gasteiger partial charge in [0.15, 0.2) is 17.2 Å². The number of aliphatic carboxylic acids is 2. The van der Waals surface area contributed by atoms with Gasteiger partial charge in [-0.1, -0.05) is 13.8 Å². The zero-order valence-corrected chi connectivity index (χ0v) is 24.3. The van der Waals surface area contributed by atoms with Crippen LogP contribution in [0.4, 0.5) is 5.82 Å². The van der Waals surface area contributed by atoms with Gasteiger partial charge < -0.3 is 40.2 Å². The monoisotopic (exact) mass is 613 g/mol. The van der Waals surface area contributed by atoms with Crippen LogP contribution in [-0.2, 0) is 28.6 Å². The number of fused-ring (bicyclic) bond motifs is 1. The number of nitrogens with one attached hydrogen (secondary N) is 1. The summed E-state index contributed by atoms with van der Waals surface area (Å²) < 4.78 is 24.0. The van der Waals surface area contributed by atoms with Gasteiger partial charge in [-0.3, -0.25) is 9.36 Å². The van der Waals surface area contributed by atoms with Gasteiger partial charge in [0.05, 0.1) is 18.8 Å². The number of imidazole rings is 1. The minimum atomic E-state index is -1.82. The van der Waals surface area contributed by atoms with Crippen molar-refractivity contribution in [3.05, 3.63) is 36.3 Å². The number of nitrogens with zero attached hydrogens (tertiary/aromatic N) is 5. The molecular weight excluding hydrogens is 578 g/mol. The highest BCUT2D eigenvalue weighted by Gasteiger charge is 2.20. The lowest BCUT2D eigenvalue weighted by atomic mass is 10.1. The summed E-state index contributed by atoms with van der Waals surface area (Å²) in [4.78, 5) is 43.7. The number of carboxylic acids is 2. The quantitative estimate of drug-likeness (QED) is 0.128. The van der Waals surface area contributed by atoms with Gasteiger partial charge in [-0.25, -0.2) is 24.5 Å². The van der Waals surface area contributed by atoms with E-state index in [0.717, 1.165) is 12.8 Å². The Bertz CT molecular complexity index is 1440. The molecule has 1 saturated heterocycles. The molecule has 1 aliphatic heterocycles. The van der Waals surface area contributed by atoms with E-state index in [-0.39, 0.29) is 31.8 Å². The number of nitriles is 1. The first kappa shape index (κ1) is 33.6. The van der Waals surface area contributed by atoms with Gasteiger partial charge in [0.2, 0.25) is 0 Å². The number of esters is 1. The molecule has 4 heterocycles. The van der Waals surface area contributed by atoms with Crippen LogP contribution in [0.25, 0.3) is 17.0 Å². The van der Waals surface area contributed by atoms with E-state index in [9.17, 15) is 4.79 Å². The van der Waals surface area contributed by atoms with Gasteiger partial charge in [-0.2, -0.15) is 5.26 Å². The molecule has 4 rings (SSSR count). The SMILES string of the molecule is CC(C)[C@H](N)C(=O)OCCOCCOc1cc2ncn(-c3ccc(C#N)cn3)c2nc1NC1CCOCC1.O=C(O)C(=O)O. The van der Waals surface area contributed by atoms with Gasteiger partial charge in [-0.15, -0.1) is 0 Å². The van der Waals surface area contributed by atoms with Crippen LogP contribution in [-0.4, -0.2) is 99.4 Å². The molecular formula is C28H35N7O9. The number of hydrogen-bond donors (Lipinski definition) is 4. The Morgan fingerprint density at radius 2 is 1.84 bits per heavy atom. The Kier molecular flexibility index (Phi) is 12.8. The summed E-state index contributed by atoms with van der Waals surface area (Å²) in [5, 5.41) is 27.3. The molecule has 16 heteroatoms. The van der Waals surface area contributed by atoms with E-state index in [4.69, 9.17) is 54.7 Å². The van der Waals surface area contributed by atoms with Crippen molar-refractivity contribution in [1.82, 2.24) is 19.5 Å². The number of pyridine rings is 2. The van der Waals surface area contributed by atoms with Crippen LogP contribution < -0.4 is 15.8 Å². The minimum Gasteiger partial charge on any atom is -0.487 e. The van der Waals surface area contributed by atoms with Crippen LogP contribution in [0, 0.1) is 17.2 Å². The molecule has 0 saturated carbocycles. The molecule has 3 aromatic rings. The number of carbonyl (C=O) groups excluding carboxylic acids is 1. The van der Waals surface area contributed by atoms with E-state index < -0.39 is 23.9 Å². The molecule has 0 unspecified atom stereocenters. The first-order valence-corrected chi connectivity index (χ1v) is 13.8. The lowest BCUT2D eigenvalue weighted by molar-refractivity contribution is -0.159. The summed E-state index contributed by atoms with van der Waals surface area (Å²) in [6, 6.07) is 6.91. The highest BCUT2D eigenvalue weighted by atomic mass is 16.6. The third-order valence-corrected chi connectivity index (χ3v) is 6.30. The number of ether oxygens (including phenoxy) is 4.